The number of hydrogen-bond acceptors (Lipinski definition) is 3. The van der Waals surface area contributed by atoms with Crippen molar-refractivity contribution in [2.24, 2.45) is 5.73 Å². The summed E-state index contributed by atoms with van der Waals surface area (Å²) in [5, 5.41) is 0. The molecule has 6 heteroatoms. The second-order valence-electron chi connectivity index (χ2n) is 4.80. The average molecular weight is 252 g/mol. The van der Waals surface area contributed by atoms with Crippen LogP contribution in [0.3, 0.4) is 0 Å². The van der Waals surface area contributed by atoms with Gasteiger partial charge in [0, 0.05) is 13.1 Å². The van der Waals surface area contributed by atoms with Crippen LogP contribution in [-0.4, -0.2) is 42.7 Å². The van der Waals surface area contributed by atoms with Crippen LogP contribution in [0.1, 0.15) is 33.6 Å². The molecule has 0 saturated carbocycles. The molecule has 0 aromatic heterocycles. The van der Waals surface area contributed by atoms with Crippen molar-refractivity contribution in [1.29, 1.82) is 0 Å². The van der Waals surface area contributed by atoms with Gasteiger partial charge in [0.2, 0.25) is 0 Å². The van der Waals surface area contributed by atoms with E-state index in [2.05, 4.69) is 5.73 Å². The molecule has 0 bridgehead atoms. The van der Waals surface area contributed by atoms with Gasteiger partial charge in [-0.1, -0.05) is 0 Å². The number of ether oxygens (including phenoxy) is 1. The van der Waals surface area contributed by atoms with Crippen LogP contribution in [0.25, 0.3) is 0 Å². The number of carbonyl (C=O) groups excluding carboxylic acids is 1. The lowest BCUT2D eigenvalue weighted by molar-refractivity contribution is 0.0295. The van der Waals surface area contributed by atoms with Gasteiger partial charge in [-0.15, -0.1) is 0 Å². The summed E-state index contributed by atoms with van der Waals surface area (Å²) < 4.78 is 26.5. The van der Waals surface area contributed by atoms with Crippen LogP contribution >= 0.6 is 0 Å². The van der Waals surface area contributed by atoms with Gasteiger partial charge in [-0.2, -0.15) is 0 Å². The third-order valence-corrected chi connectivity index (χ3v) is 1.94. The van der Waals surface area contributed by atoms with E-state index >= 15 is 0 Å². The van der Waals surface area contributed by atoms with Crippen LogP contribution in [0.2, 0.25) is 0 Å². The van der Waals surface area contributed by atoms with Gasteiger partial charge in [-0.05, 0) is 33.6 Å². The van der Waals surface area contributed by atoms with Gasteiger partial charge in [-0.3, -0.25) is 0 Å². The first kappa shape index (κ1) is 16.1. The van der Waals surface area contributed by atoms with Crippen molar-refractivity contribution >= 4 is 6.09 Å². The van der Waals surface area contributed by atoms with Crippen molar-refractivity contribution in [1.82, 2.24) is 4.90 Å². The van der Waals surface area contributed by atoms with Crippen LogP contribution in [0.15, 0.2) is 0 Å². The van der Waals surface area contributed by atoms with Gasteiger partial charge in [-0.25, -0.2) is 13.6 Å². The minimum Gasteiger partial charge on any atom is -0.444 e. The lowest BCUT2D eigenvalue weighted by Gasteiger charge is -2.23. The predicted molar refractivity (Wildman–Crippen MR) is 62.1 cm³/mol. The summed E-state index contributed by atoms with van der Waals surface area (Å²) >= 11 is 0. The predicted octanol–water partition coefficient (Wildman–Crippen LogP) is 2.23. The van der Waals surface area contributed by atoms with Crippen LogP contribution < -0.4 is 5.73 Å². The van der Waals surface area contributed by atoms with E-state index in [1.807, 2.05) is 20.8 Å². The Morgan fingerprint density at radius 2 is 1.76 bits per heavy atom. The first-order valence-electron chi connectivity index (χ1n) is 5.72. The van der Waals surface area contributed by atoms with Crippen LogP contribution in [0, 0.1) is 0 Å². The molecule has 0 aromatic carbocycles. The van der Waals surface area contributed by atoms with E-state index in [0.29, 0.717) is 0 Å². The third kappa shape index (κ3) is 8.85. The maximum Gasteiger partial charge on any atom is 0.410 e. The fourth-order valence-corrected chi connectivity index (χ4v) is 1.23. The zero-order valence-electron chi connectivity index (χ0n) is 10.7. The van der Waals surface area contributed by atoms with Gasteiger partial charge >= 0.3 is 6.09 Å². The summed E-state index contributed by atoms with van der Waals surface area (Å²) in [6, 6.07) is 0. The summed E-state index contributed by atoms with van der Waals surface area (Å²) in [5.41, 5.74) is 4.06. The smallest absolute Gasteiger partial charge is 0.410 e. The third-order valence-electron chi connectivity index (χ3n) is 1.94. The maximum atomic E-state index is 11.4. The van der Waals surface area contributed by atoms with Gasteiger partial charge < -0.3 is 15.4 Å². The highest BCUT2D eigenvalue weighted by molar-refractivity contribution is 5.68. The number of carbonyl (C=O) groups is 1. The lowest BCUT2D eigenvalue weighted by atomic mass is 10.2. The van der Waals surface area contributed by atoms with E-state index in [4.69, 9.17) is 4.74 Å². The van der Waals surface area contributed by atoms with E-state index in [0.717, 1.165) is 25.9 Å². The normalized spacial score (nSPS) is 15.6. The molecule has 0 atom stereocenters. The molecular weight excluding hydrogens is 230 g/mol. The highest BCUT2D eigenvalue weighted by Gasteiger charge is 2.23. The minimum absolute atomic E-state index is 0.167. The van der Waals surface area contributed by atoms with Crippen LogP contribution in [-0.2, 0) is 4.74 Å². The molecular formula is C11H22F2N2O2. The number of amides is 1. The average Bonchev–Trinajstić information content (AvgIpc) is 2.68. The number of likely N-dealkylation sites (tertiary alicyclic amines) is 1. The Morgan fingerprint density at radius 1 is 1.35 bits per heavy atom. The molecule has 0 spiro atoms. The molecule has 1 amide bonds. The molecule has 1 aliphatic rings. The Balaban J connectivity index is 0.000000437. The largest absolute Gasteiger partial charge is 0.444 e. The highest BCUT2D eigenvalue weighted by atomic mass is 19.3. The number of nitrogens with two attached hydrogens (primary N) is 1. The molecule has 102 valence electrons. The number of hydrogen-bond donors (Lipinski definition) is 1. The topological polar surface area (TPSA) is 55.6 Å². The van der Waals surface area contributed by atoms with E-state index in [-0.39, 0.29) is 11.7 Å². The zero-order chi connectivity index (χ0) is 13.5. The van der Waals surface area contributed by atoms with Gasteiger partial charge in [0.15, 0.2) is 0 Å². The molecule has 1 fully saturated rings. The van der Waals surface area contributed by atoms with E-state index in [9.17, 15) is 13.6 Å². The van der Waals surface area contributed by atoms with E-state index in [1.165, 1.54) is 0 Å². The molecule has 1 rings (SSSR count). The second kappa shape index (κ2) is 7.42. The number of alkyl halides is 2. The minimum atomic E-state index is -2.34. The quantitative estimate of drug-likeness (QED) is 0.778. The SMILES string of the molecule is CC(C)(C)OC(=O)N1CCCC1.NCC(F)F. The van der Waals surface area contributed by atoms with Crippen molar-refractivity contribution in [3.05, 3.63) is 0 Å². The molecule has 2 N–H and O–H groups in total. The van der Waals surface area contributed by atoms with E-state index < -0.39 is 13.0 Å². The fourth-order valence-electron chi connectivity index (χ4n) is 1.23. The summed E-state index contributed by atoms with van der Waals surface area (Å²) in [7, 11) is 0. The summed E-state index contributed by atoms with van der Waals surface area (Å²) in [6.07, 6.45) is -0.284. The van der Waals surface area contributed by atoms with Gasteiger partial charge in [0.05, 0.1) is 6.54 Å². The Labute approximate surface area is 101 Å². The molecule has 0 aromatic rings. The molecule has 1 aliphatic heterocycles. The van der Waals surface area contributed by atoms with Crippen molar-refractivity contribution in [3.63, 3.8) is 0 Å². The summed E-state index contributed by atoms with van der Waals surface area (Å²) in [5.74, 6) is 0. The van der Waals surface area contributed by atoms with Crippen molar-refractivity contribution in [2.45, 2.75) is 45.6 Å². The number of rotatable bonds is 1. The van der Waals surface area contributed by atoms with Gasteiger partial charge in [0.1, 0.15) is 5.60 Å². The Kier molecular flexibility index (Phi) is 7.03. The molecule has 1 heterocycles. The Morgan fingerprint density at radius 3 is 2.06 bits per heavy atom. The number of nitrogens with zero attached hydrogens (tertiary/aromatic N) is 1. The molecule has 17 heavy (non-hydrogen) atoms. The van der Waals surface area contributed by atoms with Crippen LogP contribution in [0.5, 0.6) is 0 Å². The number of halogens is 2. The highest BCUT2D eigenvalue weighted by Crippen LogP contribution is 2.14. The summed E-state index contributed by atoms with van der Waals surface area (Å²) in [6.45, 7) is 6.85. The second-order valence-corrected chi connectivity index (χ2v) is 4.80. The van der Waals surface area contributed by atoms with Crippen molar-refractivity contribution in [3.8, 4) is 0 Å². The van der Waals surface area contributed by atoms with Crippen molar-refractivity contribution in [2.75, 3.05) is 19.6 Å². The van der Waals surface area contributed by atoms with Gasteiger partial charge in [0.25, 0.3) is 6.43 Å². The van der Waals surface area contributed by atoms with Crippen LogP contribution in [0.4, 0.5) is 13.6 Å². The molecule has 0 aliphatic carbocycles. The molecule has 1 saturated heterocycles. The molecule has 4 nitrogen and oxygen atoms in total. The first-order valence-corrected chi connectivity index (χ1v) is 5.72. The van der Waals surface area contributed by atoms with Crippen molar-refractivity contribution < 1.29 is 18.3 Å². The first-order chi connectivity index (χ1) is 7.76. The molecule has 0 unspecified atom stereocenters. The summed E-state index contributed by atoms with van der Waals surface area (Å²) in [4.78, 5) is 13.1. The fraction of sp³-hybridized carbons (Fsp3) is 0.909. The Hall–Kier alpha value is -0.910. The lowest BCUT2D eigenvalue weighted by Crippen LogP contribution is -2.34. The molecule has 0 radical (unpaired) electrons. The zero-order valence-corrected chi connectivity index (χ0v) is 10.7. The van der Waals surface area contributed by atoms with E-state index in [1.54, 1.807) is 4.90 Å². The monoisotopic (exact) mass is 252 g/mol. The maximum absolute atomic E-state index is 11.4. The Bertz CT molecular complexity index is 224. The standard InChI is InChI=1S/C9H17NO2.C2H5F2N/c1-9(2,3)12-8(11)10-6-4-5-7-10;3-2(4)1-5/h4-7H2,1-3H3;2H,1,5H2.